The number of carboxylic acids is 1. The first-order chi connectivity index (χ1) is 14.8. The molecule has 0 spiro atoms. The van der Waals surface area contributed by atoms with Gasteiger partial charge in [-0.2, -0.15) is 0 Å². The van der Waals surface area contributed by atoms with Crippen molar-refractivity contribution in [1.29, 1.82) is 0 Å². The number of rotatable bonds is 4. The van der Waals surface area contributed by atoms with E-state index in [4.69, 9.17) is 21.1 Å². The highest BCUT2D eigenvalue weighted by Gasteiger charge is 2.24. The van der Waals surface area contributed by atoms with Crippen LogP contribution in [0.4, 0.5) is 5.69 Å². The fourth-order valence-electron chi connectivity index (χ4n) is 2.95. The molecule has 1 amide bonds. The topological polar surface area (TPSA) is 91.9 Å². The standard InChI is InChI=1S/C23H17ClN2O4S/c1-12-3-5-15(9-13(12)2)25-23-26-21(27)20(31-23)11-16-6-8-19(30-16)14-4-7-17(22(28)29)18(24)10-14/h3-11H,1-2H3,(H,28,29)(H,25,26,27)/b20-11-. The smallest absolute Gasteiger partial charge is 0.337 e. The molecule has 0 saturated carbocycles. The van der Waals surface area contributed by atoms with Gasteiger partial charge in [0.2, 0.25) is 0 Å². The molecule has 0 unspecified atom stereocenters. The van der Waals surface area contributed by atoms with Crippen LogP contribution in [0.5, 0.6) is 0 Å². The molecule has 2 heterocycles. The van der Waals surface area contributed by atoms with Gasteiger partial charge in [-0.1, -0.05) is 23.7 Å². The lowest BCUT2D eigenvalue weighted by Gasteiger charge is -2.01. The first-order valence-electron chi connectivity index (χ1n) is 9.30. The fraction of sp³-hybridized carbons (Fsp3) is 0.0870. The summed E-state index contributed by atoms with van der Waals surface area (Å²) in [5, 5.41) is 12.5. The molecule has 0 atom stereocenters. The van der Waals surface area contributed by atoms with E-state index < -0.39 is 5.97 Å². The summed E-state index contributed by atoms with van der Waals surface area (Å²) in [5.74, 6) is -0.347. The lowest BCUT2D eigenvalue weighted by atomic mass is 10.1. The van der Waals surface area contributed by atoms with Gasteiger partial charge < -0.3 is 14.8 Å². The monoisotopic (exact) mass is 452 g/mol. The number of amides is 1. The minimum Gasteiger partial charge on any atom is -0.478 e. The van der Waals surface area contributed by atoms with Crippen molar-refractivity contribution in [2.24, 2.45) is 4.99 Å². The second kappa shape index (κ2) is 8.45. The predicted octanol–water partition coefficient (Wildman–Crippen LogP) is 5.81. The minimum absolute atomic E-state index is 0.0222. The van der Waals surface area contributed by atoms with Crippen molar-refractivity contribution >= 4 is 52.2 Å². The van der Waals surface area contributed by atoms with E-state index in [1.165, 1.54) is 29.5 Å². The first kappa shape index (κ1) is 21.0. The van der Waals surface area contributed by atoms with Crippen LogP contribution >= 0.6 is 23.4 Å². The molecule has 3 aromatic rings. The van der Waals surface area contributed by atoms with Crippen molar-refractivity contribution in [3.63, 3.8) is 0 Å². The maximum atomic E-state index is 12.3. The molecular weight excluding hydrogens is 436 g/mol. The minimum atomic E-state index is -1.09. The molecular formula is C23H17ClN2O4S. The quantitative estimate of drug-likeness (QED) is 0.487. The van der Waals surface area contributed by atoms with Crippen molar-refractivity contribution in [3.8, 4) is 11.3 Å². The number of aryl methyl sites for hydroxylation is 2. The largest absolute Gasteiger partial charge is 0.478 e. The Labute approximate surface area is 187 Å². The highest BCUT2D eigenvalue weighted by atomic mass is 35.5. The van der Waals surface area contributed by atoms with Gasteiger partial charge in [0, 0.05) is 11.6 Å². The molecule has 31 heavy (non-hydrogen) atoms. The molecule has 0 bridgehead atoms. The Hall–Kier alpha value is -3.29. The summed E-state index contributed by atoms with van der Waals surface area (Å²) in [4.78, 5) is 28.4. The maximum Gasteiger partial charge on any atom is 0.337 e. The number of amidine groups is 1. The summed E-state index contributed by atoms with van der Waals surface area (Å²) in [6.07, 6.45) is 1.64. The third-order valence-electron chi connectivity index (χ3n) is 4.76. The molecule has 1 aliphatic heterocycles. The van der Waals surface area contributed by atoms with Gasteiger partial charge >= 0.3 is 5.97 Å². The van der Waals surface area contributed by atoms with Crippen molar-refractivity contribution in [2.45, 2.75) is 13.8 Å². The van der Waals surface area contributed by atoms with Gasteiger partial charge in [-0.15, -0.1) is 0 Å². The second-order valence-corrected chi connectivity index (χ2v) is 8.39. The van der Waals surface area contributed by atoms with Gasteiger partial charge in [-0.3, -0.25) is 4.79 Å². The van der Waals surface area contributed by atoms with E-state index in [9.17, 15) is 9.59 Å². The third-order valence-corrected chi connectivity index (χ3v) is 5.98. The number of hydrogen-bond donors (Lipinski definition) is 2. The first-order valence-corrected chi connectivity index (χ1v) is 10.5. The average molecular weight is 453 g/mol. The van der Waals surface area contributed by atoms with Gasteiger partial charge in [-0.05, 0) is 73.1 Å². The number of nitrogens with zero attached hydrogens (tertiary/aromatic N) is 1. The van der Waals surface area contributed by atoms with E-state index >= 15 is 0 Å². The lowest BCUT2D eigenvalue weighted by molar-refractivity contribution is -0.115. The molecule has 1 saturated heterocycles. The van der Waals surface area contributed by atoms with Crippen molar-refractivity contribution < 1.29 is 19.1 Å². The maximum absolute atomic E-state index is 12.3. The normalized spacial score (nSPS) is 16.2. The van der Waals surface area contributed by atoms with Crippen LogP contribution in [0.25, 0.3) is 17.4 Å². The number of furan rings is 1. The fourth-order valence-corrected chi connectivity index (χ4v) is 4.03. The summed E-state index contributed by atoms with van der Waals surface area (Å²) in [7, 11) is 0. The van der Waals surface area contributed by atoms with Crippen LogP contribution in [0.1, 0.15) is 27.2 Å². The van der Waals surface area contributed by atoms with Crippen molar-refractivity contribution in [2.75, 3.05) is 0 Å². The molecule has 156 valence electrons. The predicted molar refractivity (Wildman–Crippen MR) is 123 cm³/mol. The van der Waals surface area contributed by atoms with Crippen LogP contribution in [0.15, 0.2) is 62.8 Å². The number of carboxylic acid groups (broad SMARTS) is 1. The van der Waals surface area contributed by atoms with Gasteiger partial charge in [0.05, 0.1) is 21.2 Å². The number of halogens is 1. The van der Waals surface area contributed by atoms with E-state index in [0.29, 0.717) is 27.2 Å². The number of thioether (sulfide) groups is 1. The Morgan fingerprint density at radius 1 is 1.13 bits per heavy atom. The molecule has 1 aromatic heterocycles. The number of nitrogens with one attached hydrogen (secondary N) is 1. The number of carbonyl (C=O) groups is 2. The Kier molecular flexibility index (Phi) is 5.71. The van der Waals surface area contributed by atoms with E-state index in [-0.39, 0.29) is 16.5 Å². The summed E-state index contributed by atoms with van der Waals surface area (Å²) in [6, 6.07) is 13.9. The highest BCUT2D eigenvalue weighted by Crippen LogP contribution is 2.31. The molecule has 8 heteroatoms. The number of benzene rings is 2. The van der Waals surface area contributed by atoms with Crippen LogP contribution in [-0.2, 0) is 4.79 Å². The Morgan fingerprint density at radius 2 is 1.94 bits per heavy atom. The summed E-state index contributed by atoms with van der Waals surface area (Å²) in [6.45, 7) is 4.05. The zero-order valence-corrected chi connectivity index (χ0v) is 18.2. The number of hydrogen-bond acceptors (Lipinski definition) is 5. The van der Waals surface area contributed by atoms with Gasteiger partial charge in [0.1, 0.15) is 11.5 Å². The molecule has 2 aromatic carbocycles. The average Bonchev–Trinajstić information content (AvgIpc) is 3.31. The van der Waals surface area contributed by atoms with Gasteiger partial charge in [0.15, 0.2) is 5.17 Å². The van der Waals surface area contributed by atoms with Crippen LogP contribution in [0, 0.1) is 13.8 Å². The van der Waals surface area contributed by atoms with Crippen LogP contribution in [0.3, 0.4) is 0 Å². The van der Waals surface area contributed by atoms with Gasteiger partial charge in [0.25, 0.3) is 5.91 Å². The van der Waals surface area contributed by atoms with E-state index in [0.717, 1.165) is 11.3 Å². The van der Waals surface area contributed by atoms with E-state index in [2.05, 4.69) is 10.3 Å². The Bertz CT molecular complexity index is 1280. The Balaban J connectivity index is 1.54. The molecule has 1 fully saturated rings. The number of aliphatic imine (C=N–C) groups is 1. The van der Waals surface area contributed by atoms with Crippen LogP contribution < -0.4 is 5.32 Å². The SMILES string of the molecule is Cc1ccc(N=C2NC(=O)/C(=C/c3ccc(-c4ccc(C(=O)O)c(Cl)c4)o3)S2)cc1C. The van der Waals surface area contributed by atoms with Crippen LogP contribution in [-0.4, -0.2) is 22.2 Å². The van der Waals surface area contributed by atoms with E-state index in [1.807, 2.05) is 32.0 Å². The summed E-state index contributed by atoms with van der Waals surface area (Å²) >= 11 is 7.27. The van der Waals surface area contributed by atoms with Gasteiger partial charge in [-0.25, -0.2) is 9.79 Å². The van der Waals surface area contributed by atoms with Crippen molar-refractivity contribution in [1.82, 2.24) is 5.32 Å². The molecule has 2 N–H and O–H groups in total. The lowest BCUT2D eigenvalue weighted by Crippen LogP contribution is -2.19. The number of carbonyl (C=O) groups excluding carboxylic acids is 1. The van der Waals surface area contributed by atoms with Crippen LogP contribution in [0.2, 0.25) is 5.02 Å². The molecule has 1 aliphatic rings. The zero-order chi connectivity index (χ0) is 22.1. The molecule has 0 radical (unpaired) electrons. The third kappa shape index (κ3) is 4.57. The zero-order valence-electron chi connectivity index (χ0n) is 16.6. The second-order valence-electron chi connectivity index (χ2n) is 6.95. The molecule has 6 nitrogen and oxygen atoms in total. The van der Waals surface area contributed by atoms with Crippen molar-refractivity contribution in [3.05, 3.63) is 80.9 Å². The number of aromatic carboxylic acids is 1. The molecule has 4 rings (SSSR count). The van der Waals surface area contributed by atoms with E-state index in [1.54, 1.807) is 24.3 Å². The highest BCUT2D eigenvalue weighted by molar-refractivity contribution is 8.18. The Morgan fingerprint density at radius 3 is 2.65 bits per heavy atom. The molecule has 0 aliphatic carbocycles. The summed E-state index contributed by atoms with van der Waals surface area (Å²) in [5.41, 5.74) is 3.75. The summed E-state index contributed by atoms with van der Waals surface area (Å²) < 4.78 is 5.80.